The highest BCUT2D eigenvalue weighted by Gasteiger charge is 2.51. The summed E-state index contributed by atoms with van der Waals surface area (Å²) < 4.78 is 12.3. The molecule has 1 aliphatic rings. The van der Waals surface area contributed by atoms with Crippen molar-refractivity contribution in [1.29, 1.82) is 0 Å². The number of aromatic amines is 1. The van der Waals surface area contributed by atoms with Crippen molar-refractivity contribution in [2.24, 2.45) is 0 Å². The zero-order valence-corrected chi connectivity index (χ0v) is 15.8. The number of imidazole rings is 1. The molecule has 3 rings (SSSR count). The lowest BCUT2D eigenvalue weighted by Gasteiger charge is -2.32. The van der Waals surface area contributed by atoms with Crippen LogP contribution in [0, 0.1) is 0 Å². The molecule has 1 aromatic heterocycles. The fourth-order valence-corrected chi connectivity index (χ4v) is 3.05. The first-order valence-corrected chi connectivity index (χ1v) is 9.08. The summed E-state index contributed by atoms with van der Waals surface area (Å²) in [6, 6.07) is 6.23. The van der Waals surface area contributed by atoms with E-state index in [1.807, 2.05) is 0 Å². The molecular formula is C19H29BN2O2. The molecular weight excluding hydrogens is 299 g/mol. The lowest BCUT2D eigenvalue weighted by Crippen LogP contribution is -2.41. The zero-order chi connectivity index (χ0) is 17.5. The molecule has 24 heavy (non-hydrogen) atoms. The Hall–Kier alpha value is -1.33. The Balaban J connectivity index is 1.84. The Morgan fingerprint density at radius 1 is 1.17 bits per heavy atom. The van der Waals surface area contributed by atoms with Crippen molar-refractivity contribution in [3.63, 3.8) is 0 Å². The van der Waals surface area contributed by atoms with Crippen molar-refractivity contribution in [1.82, 2.24) is 9.97 Å². The largest absolute Gasteiger partial charge is 0.494 e. The maximum atomic E-state index is 6.15. The lowest BCUT2D eigenvalue weighted by atomic mass is 9.79. The number of hydrogen-bond acceptors (Lipinski definition) is 3. The smallest absolute Gasteiger partial charge is 0.399 e. The van der Waals surface area contributed by atoms with Crippen LogP contribution in [0.4, 0.5) is 0 Å². The first kappa shape index (κ1) is 17.5. The van der Waals surface area contributed by atoms with Crippen LogP contribution in [0.2, 0.25) is 0 Å². The standard InChI is InChI=1S/C19H29BN2O2/c1-7-8-9-13(2)17-21-15-11-10-14(12-16(15)22-17)20-23-18(3,4)19(5,6)24-20/h10-13H,7-9H2,1-6H3,(H,21,22)/t13-/m0/s1. The molecule has 5 heteroatoms. The molecule has 1 aromatic carbocycles. The molecule has 1 fully saturated rings. The van der Waals surface area contributed by atoms with Gasteiger partial charge in [0.1, 0.15) is 5.82 Å². The molecule has 4 nitrogen and oxygen atoms in total. The molecule has 0 amide bonds. The number of unbranched alkanes of at least 4 members (excludes halogenated alkanes) is 1. The van der Waals surface area contributed by atoms with Gasteiger partial charge in [0.2, 0.25) is 0 Å². The maximum Gasteiger partial charge on any atom is 0.494 e. The molecule has 0 radical (unpaired) electrons. The van der Waals surface area contributed by atoms with Gasteiger partial charge in [0.15, 0.2) is 0 Å². The number of hydrogen-bond donors (Lipinski definition) is 1. The van der Waals surface area contributed by atoms with E-state index < -0.39 is 0 Å². The van der Waals surface area contributed by atoms with E-state index in [-0.39, 0.29) is 18.3 Å². The van der Waals surface area contributed by atoms with Gasteiger partial charge in [0.05, 0.1) is 22.2 Å². The van der Waals surface area contributed by atoms with Crippen LogP contribution < -0.4 is 5.46 Å². The minimum atomic E-state index is -0.330. The average molecular weight is 328 g/mol. The summed E-state index contributed by atoms with van der Waals surface area (Å²) in [5, 5.41) is 0. The Morgan fingerprint density at radius 2 is 1.83 bits per heavy atom. The number of fused-ring (bicyclic) bond motifs is 1. The second kappa shape index (κ2) is 6.19. The fourth-order valence-electron chi connectivity index (χ4n) is 3.05. The lowest BCUT2D eigenvalue weighted by molar-refractivity contribution is 0.00578. The summed E-state index contributed by atoms with van der Waals surface area (Å²) in [6.45, 7) is 12.8. The molecule has 0 saturated carbocycles. The number of rotatable bonds is 5. The second-order valence-corrected chi connectivity index (χ2v) is 8.03. The molecule has 1 N–H and O–H groups in total. The van der Waals surface area contributed by atoms with E-state index in [0.717, 1.165) is 22.3 Å². The van der Waals surface area contributed by atoms with Crippen molar-refractivity contribution < 1.29 is 9.31 Å². The molecule has 1 aliphatic heterocycles. The van der Waals surface area contributed by atoms with Gasteiger partial charge < -0.3 is 14.3 Å². The van der Waals surface area contributed by atoms with Gasteiger partial charge in [-0.15, -0.1) is 0 Å². The summed E-state index contributed by atoms with van der Waals surface area (Å²) in [5.41, 5.74) is 2.47. The molecule has 0 spiro atoms. The zero-order valence-electron chi connectivity index (χ0n) is 15.8. The van der Waals surface area contributed by atoms with Crippen LogP contribution in [-0.2, 0) is 9.31 Å². The summed E-state index contributed by atoms with van der Waals surface area (Å²) in [4.78, 5) is 8.24. The minimum Gasteiger partial charge on any atom is -0.399 e. The third-order valence-electron chi connectivity index (χ3n) is 5.51. The molecule has 0 unspecified atom stereocenters. The topological polar surface area (TPSA) is 47.1 Å². The van der Waals surface area contributed by atoms with Gasteiger partial charge in [-0.2, -0.15) is 0 Å². The molecule has 1 atom stereocenters. The normalized spacial score (nSPS) is 20.7. The van der Waals surface area contributed by atoms with E-state index in [0.29, 0.717) is 5.92 Å². The van der Waals surface area contributed by atoms with Crippen LogP contribution in [0.1, 0.15) is 72.5 Å². The number of aromatic nitrogens is 2. The molecule has 1 saturated heterocycles. The summed E-state index contributed by atoms with van der Waals surface area (Å²) >= 11 is 0. The quantitative estimate of drug-likeness (QED) is 0.839. The van der Waals surface area contributed by atoms with Crippen molar-refractivity contribution in [3.8, 4) is 0 Å². The molecule has 130 valence electrons. The number of benzene rings is 1. The van der Waals surface area contributed by atoms with Crippen LogP contribution in [0.5, 0.6) is 0 Å². The second-order valence-electron chi connectivity index (χ2n) is 8.03. The van der Waals surface area contributed by atoms with Crippen molar-refractivity contribution in [2.75, 3.05) is 0 Å². The molecule has 0 aliphatic carbocycles. The van der Waals surface area contributed by atoms with Crippen LogP contribution in [0.3, 0.4) is 0 Å². The van der Waals surface area contributed by atoms with Gasteiger partial charge in [-0.1, -0.05) is 32.8 Å². The Labute approximate surface area is 145 Å². The van der Waals surface area contributed by atoms with Gasteiger partial charge in [-0.05, 0) is 51.7 Å². The molecule has 2 heterocycles. The summed E-state index contributed by atoms with van der Waals surface area (Å²) in [6.07, 6.45) is 3.62. The number of nitrogens with one attached hydrogen (secondary N) is 1. The van der Waals surface area contributed by atoms with E-state index in [4.69, 9.17) is 14.3 Å². The molecule has 0 bridgehead atoms. The van der Waals surface area contributed by atoms with E-state index in [1.54, 1.807) is 0 Å². The van der Waals surface area contributed by atoms with Gasteiger partial charge >= 0.3 is 7.12 Å². The summed E-state index contributed by atoms with van der Waals surface area (Å²) in [5.74, 6) is 1.53. The van der Waals surface area contributed by atoms with Gasteiger partial charge in [0.25, 0.3) is 0 Å². The van der Waals surface area contributed by atoms with Crippen molar-refractivity contribution in [2.45, 2.75) is 77.9 Å². The number of nitrogens with zero attached hydrogens (tertiary/aromatic N) is 1. The number of H-pyrrole nitrogens is 1. The highest BCUT2D eigenvalue weighted by Crippen LogP contribution is 2.36. The van der Waals surface area contributed by atoms with E-state index in [9.17, 15) is 0 Å². The highest BCUT2D eigenvalue weighted by atomic mass is 16.7. The molecule has 2 aromatic rings. The van der Waals surface area contributed by atoms with Gasteiger partial charge in [0, 0.05) is 5.92 Å². The Morgan fingerprint density at radius 3 is 2.46 bits per heavy atom. The Kier molecular flexibility index (Phi) is 4.52. The predicted octanol–water partition coefficient (Wildman–Crippen LogP) is 4.16. The van der Waals surface area contributed by atoms with E-state index in [1.165, 1.54) is 19.3 Å². The van der Waals surface area contributed by atoms with Gasteiger partial charge in [-0.25, -0.2) is 4.98 Å². The predicted molar refractivity (Wildman–Crippen MR) is 99.7 cm³/mol. The van der Waals surface area contributed by atoms with Crippen molar-refractivity contribution in [3.05, 3.63) is 24.0 Å². The SMILES string of the molecule is CCCC[C@H](C)c1nc2ccc(B3OC(C)(C)C(C)(C)O3)cc2[nH]1. The maximum absolute atomic E-state index is 6.15. The first-order chi connectivity index (χ1) is 11.2. The van der Waals surface area contributed by atoms with Gasteiger partial charge in [-0.3, -0.25) is 0 Å². The van der Waals surface area contributed by atoms with Crippen LogP contribution in [0.25, 0.3) is 11.0 Å². The highest BCUT2D eigenvalue weighted by molar-refractivity contribution is 6.62. The van der Waals surface area contributed by atoms with Crippen molar-refractivity contribution >= 4 is 23.6 Å². The minimum absolute atomic E-state index is 0.319. The first-order valence-electron chi connectivity index (χ1n) is 9.08. The monoisotopic (exact) mass is 328 g/mol. The fraction of sp³-hybridized carbons (Fsp3) is 0.632. The third kappa shape index (κ3) is 3.12. The average Bonchev–Trinajstić information content (AvgIpc) is 3.02. The van der Waals surface area contributed by atoms with E-state index >= 15 is 0 Å². The van der Waals surface area contributed by atoms with Crippen LogP contribution >= 0.6 is 0 Å². The van der Waals surface area contributed by atoms with E-state index in [2.05, 4.69) is 64.7 Å². The summed E-state index contributed by atoms with van der Waals surface area (Å²) in [7, 11) is -0.330. The van der Waals surface area contributed by atoms with Crippen LogP contribution in [0.15, 0.2) is 18.2 Å². The Bertz CT molecular complexity index is 707. The van der Waals surface area contributed by atoms with Crippen LogP contribution in [-0.4, -0.2) is 28.3 Å². The third-order valence-corrected chi connectivity index (χ3v) is 5.51.